The second-order valence-corrected chi connectivity index (χ2v) is 4.89. The van der Waals surface area contributed by atoms with Crippen molar-refractivity contribution < 1.29 is 0 Å². The maximum absolute atomic E-state index is 5.88. The molecule has 0 heterocycles. The van der Waals surface area contributed by atoms with Gasteiger partial charge in [0.2, 0.25) is 0 Å². The fraction of sp³-hybridized carbons (Fsp3) is 0. The summed E-state index contributed by atoms with van der Waals surface area (Å²) in [5, 5.41) is 0.767. The summed E-state index contributed by atoms with van der Waals surface area (Å²) in [4.78, 5) is 0. The van der Waals surface area contributed by atoms with E-state index in [9.17, 15) is 0 Å². The molecule has 1 heteroatoms. The Kier molecular flexibility index (Phi) is 3.35. The maximum Gasteiger partial charge on any atom is 0.0406 e. The van der Waals surface area contributed by atoms with Crippen LogP contribution in [0, 0.1) is 0 Å². The van der Waals surface area contributed by atoms with Crippen molar-refractivity contribution in [2.75, 3.05) is 0 Å². The Morgan fingerprint density at radius 3 is 2.32 bits per heavy atom. The molecule has 92 valence electrons. The third-order valence-electron chi connectivity index (χ3n) is 3.15. The fourth-order valence-corrected chi connectivity index (χ4v) is 2.27. The van der Waals surface area contributed by atoms with Crippen molar-refractivity contribution in [3.05, 3.63) is 82.9 Å². The summed E-state index contributed by atoms with van der Waals surface area (Å²) in [6.45, 7) is 0. The van der Waals surface area contributed by atoms with Gasteiger partial charge in [0.25, 0.3) is 0 Å². The van der Waals surface area contributed by atoms with Gasteiger partial charge in [-0.05, 0) is 34.4 Å². The lowest BCUT2D eigenvalue weighted by Gasteiger charge is -1.96. The molecule has 1 aromatic rings. The van der Waals surface area contributed by atoms with E-state index in [2.05, 4.69) is 48.6 Å². The Morgan fingerprint density at radius 1 is 0.684 bits per heavy atom. The molecule has 2 aliphatic carbocycles. The zero-order chi connectivity index (χ0) is 13.1. The molecule has 0 fully saturated rings. The Balaban J connectivity index is 1.93. The summed E-state index contributed by atoms with van der Waals surface area (Å²) in [6.07, 6.45) is 4.25. The third kappa shape index (κ3) is 2.69. The summed E-state index contributed by atoms with van der Waals surface area (Å²) in [5.41, 5.74) is 4.93. The molecule has 0 unspecified atom stereocenters. The quantitative estimate of drug-likeness (QED) is 0.564. The molecule has 0 amide bonds. The highest BCUT2D eigenvalue weighted by Gasteiger charge is 2.04. The Bertz CT molecular complexity index is 680. The Hall–Kier alpha value is -2.05. The van der Waals surface area contributed by atoms with Gasteiger partial charge in [0.15, 0.2) is 0 Å². The lowest BCUT2D eigenvalue weighted by Crippen LogP contribution is -1.73. The lowest BCUT2D eigenvalue weighted by molar-refractivity contribution is 1.66. The van der Waals surface area contributed by atoms with Crippen molar-refractivity contribution in [1.29, 1.82) is 0 Å². The van der Waals surface area contributed by atoms with E-state index in [0.717, 1.165) is 10.6 Å². The number of hydrogen-bond acceptors (Lipinski definition) is 0. The van der Waals surface area contributed by atoms with Crippen LogP contribution in [-0.4, -0.2) is 0 Å². The second kappa shape index (κ2) is 5.29. The highest BCUT2D eigenvalue weighted by molar-refractivity contribution is 6.30. The molecular weight excluding hydrogens is 252 g/mol. The molecule has 19 heavy (non-hydrogen) atoms. The van der Waals surface area contributed by atoms with Crippen molar-refractivity contribution in [2.24, 2.45) is 0 Å². The van der Waals surface area contributed by atoms with Gasteiger partial charge in [-0.1, -0.05) is 78.4 Å². The van der Waals surface area contributed by atoms with E-state index in [-0.39, 0.29) is 0 Å². The van der Waals surface area contributed by atoms with Gasteiger partial charge in [0.1, 0.15) is 0 Å². The summed E-state index contributed by atoms with van der Waals surface area (Å²) in [7, 11) is 0. The first-order chi connectivity index (χ1) is 9.33. The van der Waals surface area contributed by atoms with Gasteiger partial charge in [0, 0.05) is 5.02 Å². The summed E-state index contributed by atoms with van der Waals surface area (Å²) < 4.78 is 0. The van der Waals surface area contributed by atoms with Gasteiger partial charge in [-0.15, -0.1) is 0 Å². The van der Waals surface area contributed by atoms with E-state index >= 15 is 0 Å². The van der Waals surface area contributed by atoms with E-state index < -0.39 is 0 Å². The molecule has 0 aromatic heterocycles. The van der Waals surface area contributed by atoms with E-state index in [1.165, 1.54) is 16.7 Å². The Labute approximate surface area is 118 Å². The van der Waals surface area contributed by atoms with E-state index in [0.29, 0.717) is 0 Å². The maximum atomic E-state index is 5.88. The molecule has 3 rings (SSSR count). The third-order valence-corrected chi connectivity index (χ3v) is 3.40. The average Bonchev–Trinajstić information content (AvgIpc) is 2.66. The largest absolute Gasteiger partial charge is 0.0843 e. The first-order valence-electron chi connectivity index (χ1n) is 6.24. The first-order valence-corrected chi connectivity index (χ1v) is 6.62. The number of hydrogen-bond donors (Lipinski definition) is 0. The van der Waals surface area contributed by atoms with Gasteiger partial charge in [0.05, 0.1) is 0 Å². The first kappa shape index (κ1) is 12.0. The van der Waals surface area contributed by atoms with Crippen LogP contribution in [0.5, 0.6) is 0 Å². The van der Waals surface area contributed by atoms with Gasteiger partial charge < -0.3 is 0 Å². The van der Waals surface area contributed by atoms with Gasteiger partial charge in [-0.2, -0.15) is 0 Å². The van der Waals surface area contributed by atoms with Gasteiger partial charge in [-0.25, -0.2) is 0 Å². The minimum absolute atomic E-state index is 0.767. The lowest BCUT2D eigenvalue weighted by atomic mass is 10.1. The molecule has 0 spiro atoms. The molecule has 0 N–H and O–H groups in total. The summed E-state index contributed by atoms with van der Waals surface area (Å²) >= 11 is 5.88. The monoisotopic (exact) mass is 264 g/mol. The molecular formula is C18H13Cl. The molecule has 0 radical (unpaired) electrons. The van der Waals surface area contributed by atoms with Crippen molar-refractivity contribution >= 4 is 23.8 Å². The fourth-order valence-electron chi connectivity index (χ4n) is 2.14. The normalized spacial score (nSPS) is 11.2. The number of benzene rings is 1. The molecule has 0 atom stereocenters. The number of rotatable bonds is 2. The van der Waals surface area contributed by atoms with Crippen LogP contribution in [-0.2, 0) is 0 Å². The van der Waals surface area contributed by atoms with Crippen LogP contribution < -0.4 is 0 Å². The van der Waals surface area contributed by atoms with Crippen molar-refractivity contribution in [2.45, 2.75) is 0 Å². The number of halogens is 1. The highest BCUT2D eigenvalue weighted by Crippen LogP contribution is 2.28. The zero-order valence-electron chi connectivity index (χ0n) is 10.4. The minimum Gasteiger partial charge on any atom is -0.0843 e. The van der Waals surface area contributed by atoms with Crippen LogP contribution in [0.4, 0.5) is 0 Å². The SMILES string of the molecule is Clc1ccc(C=Cc2ccc3cccccc2-3)cc1. The smallest absolute Gasteiger partial charge is 0.0406 e. The highest BCUT2D eigenvalue weighted by atomic mass is 35.5. The van der Waals surface area contributed by atoms with Crippen molar-refractivity contribution in [3.63, 3.8) is 0 Å². The van der Waals surface area contributed by atoms with Crippen LogP contribution in [0.1, 0.15) is 11.1 Å². The molecule has 0 nitrogen and oxygen atoms in total. The van der Waals surface area contributed by atoms with E-state index in [1.54, 1.807) is 0 Å². The molecule has 0 saturated carbocycles. The molecule has 1 aromatic carbocycles. The van der Waals surface area contributed by atoms with E-state index in [4.69, 9.17) is 11.6 Å². The topological polar surface area (TPSA) is 0 Å². The minimum atomic E-state index is 0.767. The molecule has 2 aliphatic rings. The second-order valence-electron chi connectivity index (χ2n) is 4.45. The molecule has 0 bridgehead atoms. The molecule has 0 saturated heterocycles. The van der Waals surface area contributed by atoms with Crippen LogP contribution >= 0.6 is 11.6 Å². The van der Waals surface area contributed by atoms with Gasteiger partial charge >= 0.3 is 0 Å². The van der Waals surface area contributed by atoms with E-state index in [1.807, 2.05) is 30.3 Å². The van der Waals surface area contributed by atoms with Crippen LogP contribution in [0.15, 0.2) is 66.7 Å². The van der Waals surface area contributed by atoms with Crippen molar-refractivity contribution in [3.8, 4) is 11.1 Å². The summed E-state index contributed by atoms with van der Waals surface area (Å²) in [6, 6.07) is 22.6. The summed E-state index contributed by atoms with van der Waals surface area (Å²) in [5.74, 6) is 0. The Morgan fingerprint density at radius 2 is 1.47 bits per heavy atom. The van der Waals surface area contributed by atoms with Crippen LogP contribution in [0.25, 0.3) is 23.3 Å². The van der Waals surface area contributed by atoms with Crippen LogP contribution in [0.3, 0.4) is 0 Å². The predicted octanol–water partition coefficient (Wildman–Crippen LogP) is 5.62. The van der Waals surface area contributed by atoms with Gasteiger partial charge in [-0.3, -0.25) is 0 Å². The van der Waals surface area contributed by atoms with Crippen molar-refractivity contribution in [1.82, 2.24) is 0 Å². The predicted molar refractivity (Wildman–Crippen MR) is 83.4 cm³/mol. The standard InChI is InChI=1S/C18H13Cl/c19-17-12-7-14(8-13-17)6-9-16-11-10-15-4-2-1-3-5-18(15)16/h1-13H. The zero-order valence-corrected chi connectivity index (χ0v) is 11.1. The van der Waals surface area contributed by atoms with Crippen LogP contribution in [0.2, 0.25) is 5.02 Å². The number of fused-ring (bicyclic) bond motifs is 1. The average molecular weight is 265 g/mol. The molecule has 0 aliphatic heterocycles.